The lowest BCUT2D eigenvalue weighted by atomic mass is 10.2. The molecule has 0 aliphatic carbocycles. The summed E-state index contributed by atoms with van der Waals surface area (Å²) in [4.78, 5) is 4.01. The van der Waals surface area contributed by atoms with Crippen LogP contribution in [0.1, 0.15) is 6.92 Å². The van der Waals surface area contributed by atoms with Crippen LogP contribution in [0.25, 0.3) is 11.0 Å². The van der Waals surface area contributed by atoms with Gasteiger partial charge in [-0.3, -0.25) is 0 Å². The Morgan fingerprint density at radius 3 is 2.87 bits per heavy atom. The molecule has 0 radical (unpaired) electrons. The van der Waals surface area contributed by atoms with Crippen molar-refractivity contribution in [2.45, 2.75) is 19.4 Å². The van der Waals surface area contributed by atoms with Crippen molar-refractivity contribution in [3.8, 4) is 0 Å². The second-order valence-electron chi connectivity index (χ2n) is 3.66. The van der Waals surface area contributed by atoms with Gasteiger partial charge < -0.3 is 10.3 Å². The van der Waals surface area contributed by atoms with E-state index in [0.29, 0.717) is 16.7 Å². The van der Waals surface area contributed by atoms with Crippen molar-refractivity contribution in [2.24, 2.45) is 0 Å². The van der Waals surface area contributed by atoms with Crippen LogP contribution in [0.2, 0.25) is 0 Å². The minimum Gasteiger partial charge on any atom is -0.397 e. The maximum Gasteiger partial charge on any atom is 0.262 e. The normalized spacial score (nSPS) is 12.2. The van der Waals surface area contributed by atoms with Crippen LogP contribution in [0, 0.1) is 0 Å². The van der Waals surface area contributed by atoms with E-state index in [1.54, 1.807) is 18.2 Å². The molecule has 0 amide bonds. The van der Waals surface area contributed by atoms with Crippen molar-refractivity contribution in [1.82, 2.24) is 9.55 Å². The Balaban J connectivity index is 2.53. The fourth-order valence-corrected chi connectivity index (χ4v) is 1.57. The Labute approximate surface area is 85.5 Å². The molecule has 2 aromatic rings. The minimum absolute atomic E-state index is 0.405. The van der Waals surface area contributed by atoms with Gasteiger partial charge in [0.2, 0.25) is 0 Å². The quantitative estimate of drug-likeness (QED) is 0.774. The smallest absolute Gasteiger partial charge is 0.262 e. The molecule has 0 fully saturated rings. The van der Waals surface area contributed by atoms with E-state index in [4.69, 9.17) is 5.73 Å². The van der Waals surface area contributed by atoms with Crippen LogP contribution in [-0.2, 0) is 6.54 Å². The first kappa shape index (κ1) is 9.89. The number of para-hydroxylation sites is 1. The van der Waals surface area contributed by atoms with Crippen LogP contribution < -0.4 is 5.73 Å². The number of fused-ring (bicyclic) bond motifs is 1. The van der Waals surface area contributed by atoms with Gasteiger partial charge in [-0.1, -0.05) is 6.07 Å². The first-order chi connectivity index (χ1) is 6.97. The molecule has 0 unspecified atom stereocenters. The maximum atomic E-state index is 12.9. The Morgan fingerprint density at radius 2 is 2.20 bits per heavy atom. The van der Waals surface area contributed by atoms with Crippen molar-refractivity contribution >= 4 is 16.7 Å². The van der Waals surface area contributed by atoms with Gasteiger partial charge in [0.25, 0.3) is 5.92 Å². The molecule has 5 heteroatoms. The molecule has 1 aromatic heterocycles. The maximum absolute atomic E-state index is 12.9. The average molecular weight is 211 g/mol. The molecule has 80 valence electrons. The molecule has 0 atom stereocenters. The molecule has 0 aliphatic heterocycles. The number of aromatic nitrogens is 2. The lowest BCUT2D eigenvalue weighted by Gasteiger charge is -2.12. The standard InChI is InChI=1S/C10H11F2N3/c1-10(11,12)5-15-6-14-8-4-2-3-7(13)9(8)15/h2-4,6H,5,13H2,1H3. The van der Waals surface area contributed by atoms with E-state index >= 15 is 0 Å². The van der Waals surface area contributed by atoms with Crippen molar-refractivity contribution in [3.63, 3.8) is 0 Å². The molecule has 2 rings (SSSR count). The number of nitrogen functional groups attached to an aromatic ring is 1. The van der Waals surface area contributed by atoms with Crippen LogP contribution in [0.3, 0.4) is 0 Å². The molecule has 0 saturated heterocycles. The molecule has 1 heterocycles. The third-order valence-corrected chi connectivity index (χ3v) is 2.12. The molecule has 3 nitrogen and oxygen atoms in total. The van der Waals surface area contributed by atoms with Gasteiger partial charge in [0.05, 0.1) is 29.6 Å². The zero-order valence-electron chi connectivity index (χ0n) is 8.24. The van der Waals surface area contributed by atoms with E-state index in [0.717, 1.165) is 6.92 Å². The summed E-state index contributed by atoms with van der Waals surface area (Å²) >= 11 is 0. The predicted molar refractivity (Wildman–Crippen MR) is 54.8 cm³/mol. The highest BCUT2D eigenvalue weighted by Crippen LogP contribution is 2.23. The lowest BCUT2D eigenvalue weighted by molar-refractivity contribution is 0.00498. The summed E-state index contributed by atoms with van der Waals surface area (Å²) in [7, 11) is 0. The Morgan fingerprint density at radius 1 is 1.47 bits per heavy atom. The average Bonchev–Trinajstić information content (AvgIpc) is 2.47. The number of rotatable bonds is 2. The van der Waals surface area contributed by atoms with Crippen LogP contribution in [0.4, 0.5) is 14.5 Å². The number of benzene rings is 1. The second-order valence-corrected chi connectivity index (χ2v) is 3.66. The van der Waals surface area contributed by atoms with Crippen LogP contribution in [-0.4, -0.2) is 15.5 Å². The van der Waals surface area contributed by atoms with Crippen molar-refractivity contribution < 1.29 is 8.78 Å². The third kappa shape index (κ3) is 1.91. The van der Waals surface area contributed by atoms with Crippen LogP contribution >= 0.6 is 0 Å². The summed E-state index contributed by atoms with van der Waals surface area (Å²) in [5.74, 6) is -2.77. The summed E-state index contributed by atoms with van der Waals surface area (Å²) in [6.45, 7) is 0.468. The van der Waals surface area contributed by atoms with Crippen molar-refractivity contribution in [1.29, 1.82) is 0 Å². The van der Waals surface area contributed by atoms with E-state index in [-0.39, 0.29) is 0 Å². The van der Waals surface area contributed by atoms with Gasteiger partial charge in [-0.25, -0.2) is 13.8 Å². The monoisotopic (exact) mass is 211 g/mol. The van der Waals surface area contributed by atoms with E-state index in [9.17, 15) is 8.78 Å². The Hall–Kier alpha value is -1.65. The number of halogens is 2. The minimum atomic E-state index is -2.77. The van der Waals surface area contributed by atoms with Gasteiger partial charge >= 0.3 is 0 Å². The highest BCUT2D eigenvalue weighted by Gasteiger charge is 2.23. The molecule has 1 aromatic carbocycles. The summed E-state index contributed by atoms with van der Waals surface area (Å²) < 4.78 is 27.1. The lowest BCUT2D eigenvalue weighted by Crippen LogP contribution is -2.18. The highest BCUT2D eigenvalue weighted by molar-refractivity contribution is 5.87. The first-order valence-corrected chi connectivity index (χ1v) is 4.54. The van der Waals surface area contributed by atoms with Crippen molar-refractivity contribution in [3.05, 3.63) is 24.5 Å². The fourth-order valence-electron chi connectivity index (χ4n) is 1.57. The molecule has 0 aliphatic rings. The zero-order chi connectivity index (χ0) is 11.1. The van der Waals surface area contributed by atoms with Crippen LogP contribution in [0.5, 0.6) is 0 Å². The highest BCUT2D eigenvalue weighted by atomic mass is 19.3. The van der Waals surface area contributed by atoms with Crippen molar-refractivity contribution in [2.75, 3.05) is 5.73 Å². The number of nitrogens with two attached hydrogens (primary N) is 1. The second kappa shape index (κ2) is 3.18. The number of imidazole rings is 1. The zero-order valence-corrected chi connectivity index (χ0v) is 8.24. The number of anilines is 1. The third-order valence-electron chi connectivity index (χ3n) is 2.12. The summed E-state index contributed by atoms with van der Waals surface area (Å²) in [5, 5.41) is 0. The fraction of sp³-hybridized carbons (Fsp3) is 0.300. The predicted octanol–water partition coefficient (Wildman–Crippen LogP) is 2.27. The van der Waals surface area contributed by atoms with Gasteiger partial charge in [0, 0.05) is 6.92 Å². The summed E-state index contributed by atoms with van der Waals surface area (Å²) in [6, 6.07) is 5.17. The van der Waals surface area contributed by atoms with Gasteiger partial charge in [0.15, 0.2) is 0 Å². The van der Waals surface area contributed by atoms with Gasteiger partial charge in [-0.2, -0.15) is 0 Å². The molecule has 0 bridgehead atoms. The topological polar surface area (TPSA) is 43.8 Å². The van der Waals surface area contributed by atoms with E-state index in [1.807, 2.05) is 0 Å². The van der Waals surface area contributed by atoms with E-state index < -0.39 is 12.5 Å². The number of hydrogen-bond acceptors (Lipinski definition) is 2. The Bertz CT molecular complexity index is 485. The number of hydrogen-bond donors (Lipinski definition) is 1. The molecule has 15 heavy (non-hydrogen) atoms. The Kier molecular flexibility index (Phi) is 2.10. The number of nitrogens with zero attached hydrogens (tertiary/aromatic N) is 2. The largest absolute Gasteiger partial charge is 0.397 e. The molecule has 2 N–H and O–H groups in total. The first-order valence-electron chi connectivity index (χ1n) is 4.54. The van der Waals surface area contributed by atoms with Gasteiger partial charge in [-0.15, -0.1) is 0 Å². The number of alkyl halides is 2. The van der Waals surface area contributed by atoms with Crippen LogP contribution in [0.15, 0.2) is 24.5 Å². The molecular weight excluding hydrogens is 200 g/mol. The van der Waals surface area contributed by atoms with E-state index in [1.165, 1.54) is 10.9 Å². The molecule has 0 saturated carbocycles. The van der Waals surface area contributed by atoms with Gasteiger partial charge in [-0.05, 0) is 12.1 Å². The van der Waals surface area contributed by atoms with Gasteiger partial charge in [0.1, 0.15) is 0 Å². The van der Waals surface area contributed by atoms with E-state index in [2.05, 4.69) is 4.98 Å². The SMILES string of the molecule is CC(F)(F)Cn1cnc2cccc(N)c21. The summed E-state index contributed by atoms with van der Waals surface area (Å²) in [5.41, 5.74) is 7.39. The molecule has 0 spiro atoms. The molecular formula is C10H11F2N3. The summed E-state index contributed by atoms with van der Waals surface area (Å²) in [6.07, 6.45) is 1.39.